The fraction of sp³-hybridized carbons (Fsp3) is 0.538. The van der Waals surface area contributed by atoms with Crippen LogP contribution in [0.15, 0.2) is 23.1 Å². The summed E-state index contributed by atoms with van der Waals surface area (Å²) >= 11 is 0. The summed E-state index contributed by atoms with van der Waals surface area (Å²) in [5.41, 5.74) is 0.391. The Hall–Kier alpha value is -0.980. The number of aliphatic hydroxyl groups is 1. The standard InChI is InChI=1S/C13H18FNO3S/c1-2-15(8-10-3-4-10)19(17,18)13-7-11(9-16)5-6-12(13)14/h5-7,10,16H,2-4,8-9H2,1H3. The van der Waals surface area contributed by atoms with Crippen molar-refractivity contribution in [2.45, 2.75) is 31.3 Å². The maximum Gasteiger partial charge on any atom is 0.245 e. The lowest BCUT2D eigenvalue weighted by atomic mass is 10.2. The van der Waals surface area contributed by atoms with E-state index in [0.717, 1.165) is 18.9 Å². The highest BCUT2D eigenvalue weighted by Crippen LogP contribution is 2.32. The SMILES string of the molecule is CCN(CC1CC1)S(=O)(=O)c1cc(CO)ccc1F. The van der Waals surface area contributed by atoms with Crippen molar-refractivity contribution in [3.8, 4) is 0 Å². The van der Waals surface area contributed by atoms with E-state index in [1.807, 2.05) is 0 Å². The molecule has 0 unspecified atom stereocenters. The van der Waals surface area contributed by atoms with Crippen LogP contribution in [-0.2, 0) is 16.6 Å². The number of nitrogens with zero attached hydrogens (tertiary/aromatic N) is 1. The van der Waals surface area contributed by atoms with Crippen LogP contribution >= 0.6 is 0 Å². The largest absolute Gasteiger partial charge is 0.392 e. The number of hydrogen-bond acceptors (Lipinski definition) is 3. The molecule has 1 aromatic rings. The van der Waals surface area contributed by atoms with E-state index in [9.17, 15) is 12.8 Å². The van der Waals surface area contributed by atoms with Crippen LogP contribution in [0.1, 0.15) is 25.3 Å². The molecule has 0 spiro atoms. The van der Waals surface area contributed by atoms with Gasteiger partial charge in [0, 0.05) is 13.1 Å². The van der Waals surface area contributed by atoms with Gasteiger partial charge in [0.1, 0.15) is 10.7 Å². The Balaban J connectivity index is 2.35. The van der Waals surface area contributed by atoms with E-state index in [0.29, 0.717) is 24.6 Å². The van der Waals surface area contributed by atoms with Crippen molar-refractivity contribution < 1.29 is 17.9 Å². The fourth-order valence-electron chi connectivity index (χ4n) is 1.97. The second-order valence-corrected chi connectivity index (χ2v) is 6.73. The fourth-order valence-corrected chi connectivity index (χ4v) is 3.61. The quantitative estimate of drug-likeness (QED) is 0.867. The molecule has 0 saturated heterocycles. The average Bonchev–Trinajstić information content (AvgIpc) is 3.20. The maximum atomic E-state index is 13.8. The highest BCUT2D eigenvalue weighted by Gasteiger charge is 2.32. The van der Waals surface area contributed by atoms with Gasteiger partial charge < -0.3 is 5.11 Å². The lowest BCUT2D eigenvalue weighted by molar-refractivity contribution is 0.281. The summed E-state index contributed by atoms with van der Waals surface area (Å²) in [4.78, 5) is -0.346. The van der Waals surface area contributed by atoms with Gasteiger partial charge in [0.15, 0.2) is 0 Å². The highest BCUT2D eigenvalue weighted by atomic mass is 32.2. The van der Waals surface area contributed by atoms with Gasteiger partial charge in [-0.25, -0.2) is 12.8 Å². The summed E-state index contributed by atoms with van der Waals surface area (Å²) < 4.78 is 39.9. The summed E-state index contributed by atoms with van der Waals surface area (Å²) in [6, 6.07) is 3.68. The maximum absolute atomic E-state index is 13.8. The molecule has 0 radical (unpaired) electrons. The number of rotatable bonds is 6. The third-order valence-corrected chi connectivity index (χ3v) is 5.26. The lowest BCUT2D eigenvalue weighted by Crippen LogP contribution is -2.33. The molecule has 0 heterocycles. The zero-order valence-corrected chi connectivity index (χ0v) is 11.7. The van der Waals surface area contributed by atoms with E-state index in [1.165, 1.54) is 16.4 Å². The van der Waals surface area contributed by atoms with Crippen LogP contribution in [-0.4, -0.2) is 30.9 Å². The number of hydrogen-bond donors (Lipinski definition) is 1. The summed E-state index contributed by atoms with van der Waals surface area (Å²) in [5.74, 6) is -0.370. The first-order valence-corrected chi connectivity index (χ1v) is 7.82. The third-order valence-electron chi connectivity index (χ3n) is 3.31. The van der Waals surface area contributed by atoms with Gasteiger partial charge in [-0.05, 0) is 36.5 Å². The normalized spacial score (nSPS) is 16.0. The summed E-state index contributed by atoms with van der Waals surface area (Å²) in [5, 5.41) is 9.04. The molecule has 0 aromatic heterocycles. The van der Waals surface area contributed by atoms with Crippen LogP contribution < -0.4 is 0 Å². The molecule has 106 valence electrons. The van der Waals surface area contributed by atoms with Gasteiger partial charge in [0.25, 0.3) is 0 Å². The molecule has 0 bridgehead atoms. The first kappa shape index (κ1) is 14.4. The predicted octanol–water partition coefficient (Wildman–Crippen LogP) is 1.74. The topological polar surface area (TPSA) is 57.6 Å². The molecular formula is C13H18FNO3S. The molecule has 1 aliphatic rings. The smallest absolute Gasteiger partial charge is 0.245 e. The zero-order chi connectivity index (χ0) is 14.0. The van der Waals surface area contributed by atoms with Gasteiger partial charge in [0.2, 0.25) is 10.0 Å². The van der Waals surface area contributed by atoms with Gasteiger partial charge in [-0.2, -0.15) is 4.31 Å². The predicted molar refractivity (Wildman–Crippen MR) is 69.5 cm³/mol. The van der Waals surface area contributed by atoms with Crippen LogP contribution in [0.3, 0.4) is 0 Å². The van der Waals surface area contributed by atoms with E-state index < -0.39 is 15.8 Å². The van der Waals surface area contributed by atoms with E-state index in [2.05, 4.69) is 0 Å². The monoisotopic (exact) mass is 287 g/mol. The van der Waals surface area contributed by atoms with Crippen molar-refractivity contribution >= 4 is 10.0 Å². The van der Waals surface area contributed by atoms with Crippen molar-refractivity contribution in [3.05, 3.63) is 29.6 Å². The minimum absolute atomic E-state index is 0.308. The minimum atomic E-state index is -3.82. The van der Waals surface area contributed by atoms with Crippen LogP contribution in [0, 0.1) is 11.7 Å². The number of aliphatic hydroxyl groups excluding tert-OH is 1. The van der Waals surface area contributed by atoms with Crippen LogP contribution in [0.25, 0.3) is 0 Å². The molecule has 0 aliphatic heterocycles. The Kier molecular flexibility index (Phi) is 4.23. The molecular weight excluding hydrogens is 269 g/mol. The second kappa shape index (κ2) is 5.56. The number of halogens is 1. The van der Waals surface area contributed by atoms with Crippen molar-refractivity contribution in [1.82, 2.24) is 4.31 Å². The molecule has 1 N–H and O–H groups in total. The van der Waals surface area contributed by atoms with Crippen molar-refractivity contribution in [1.29, 1.82) is 0 Å². The van der Waals surface area contributed by atoms with Gasteiger partial charge in [0.05, 0.1) is 6.61 Å². The molecule has 1 saturated carbocycles. The Morgan fingerprint density at radius 3 is 2.63 bits per heavy atom. The first-order valence-electron chi connectivity index (χ1n) is 6.38. The average molecular weight is 287 g/mol. The number of benzene rings is 1. The summed E-state index contributed by atoms with van der Waals surface area (Å²) in [6.07, 6.45) is 2.07. The molecule has 0 atom stereocenters. The highest BCUT2D eigenvalue weighted by molar-refractivity contribution is 7.89. The van der Waals surface area contributed by atoms with Crippen molar-refractivity contribution in [2.75, 3.05) is 13.1 Å². The lowest BCUT2D eigenvalue weighted by Gasteiger charge is -2.20. The summed E-state index contributed by atoms with van der Waals surface area (Å²) in [6.45, 7) is 2.20. The van der Waals surface area contributed by atoms with E-state index in [-0.39, 0.29) is 11.5 Å². The van der Waals surface area contributed by atoms with Gasteiger partial charge >= 0.3 is 0 Å². The first-order chi connectivity index (χ1) is 8.98. The zero-order valence-electron chi connectivity index (χ0n) is 10.8. The molecule has 1 aromatic carbocycles. The second-order valence-electron chi connectivity index (χ2n) is 4.82. The Labute approximate surface area is 112 Å². The summed E-state index contributed by atoms with van der Waals surface area (Å²) in [7, 11) is -3.82. The van der Waals surface area contributed by atoms with Gasteiger partial charge in [-0.3, -0.25) is 0 Å². The Bertz CT molecular complexity index is 555. The van der Waals surface area contributed by atoms with Crippen molar-refractivity contribution in [2.24, 2.45) is 5.92 Å². The van der Waals surface area contributed by atoms with E-state index in [4.69, 9.17) is 5.11 Å². The number of sulfonamides is 1. The van der Waals surface area contributed by atoms with Crippen LogP contribution in [0.2, 0.25) is 0 Å². The molecule has 1 aliphatic carbocycles. The molecule has 4 nitrogen and oxygen atoms in total. The van der Waals surface area contributed by atoms with E-state index >= 15 is 0 Å². The molecule has 0 amide bonds. The minimum Gasteiger partial charge on any atom is -0.392 e. The van der Waals surface area contributed by atoms with Gasteiger partial charge in [-0.15, -0.1) is 0 Å². The molecule has 6 heteroatoms. The third kappa shape index (κ3) is 3.13. The van der Waals surface area contributed by atoms with Crippen LogP contribution in [0.5, 0.6) is 0 Å². The Morgan fingerprint density at radius 2 is 2.11 bits per heavy atom. The van der Waals surface area contributed by atoms with Crippen LogP contribution in [0.4, 0.5) is 4.39 Å². The van der Waals surface area contributed by atoms with E-state index in [1.54, 1.807) is 6.92 Å². The Morgan fingerprint density at radius 1 is 1.42 bits per heavy atom. The molecule has 1 fully saturated rings. The van der Waals surface area contributed by atoms with Crippen molar-refractivity contribution in [3.63, 3.8) is 0 Å². The van der Waals surface area contributed by atoms with Gasteiger partial charge in [-0.1, -0.05) is 13.0 Å². The molecule has 2 rings (SSSR count). The molecule has 19 heavy (non-hydrogen) atoms.